The lowest BCUT2D eigenvalue weighted by atomic mass is 10.1. The molecule has 0 amide bonds. The molecule has 4 rings (SSSR count). The van der Waals surface area contributed by atoms with Crippen molar-refractivity contribution in [1.29, 1.82) is 0 Å². The van der Waals surface area contributed by atoms with Gasteiger partial charge in [-0.2, -0.15) is 0 Å². The quantitative estimate of drug-likeness (QED) is 0.403. The molecular formula is C23H20ClN3O2. The molecule has 0 fully saturated rings. The fourth-order valence-electron chi connectivity index (χ4n) is 3.16. The van der Waals surface area contributed by atoms with Crippen molar-refractivity contribution in [3.63, 3.8) is 0 Å². The number of rotatable bonds is 6. The first-order chi connectivity index (χ1) is 14.2. The molecule has 0 aliphatic heterocycles. The lowest BCUT2D eigenvalue weighted by molar-refractivity contribution is 0.309. The van der Waals surface area contributed by atoms with Crippen molar-refractivity contribution in [3.05, 3.63) is 83.6 Å². The van der Waals surface area contributed by atoms with Gasteiger partial charge < -0.3 is 14.5 Å². The van der Waals surface area contributed by atoms with Gasteiger partial charge in [0.05, 0.1) is 11.3 Å². The van der Waals surface area contributed by atoms with E-state index in [-0.39, 0.29) is 6.61 Å². The van der Waals surface area contributed by atoms with Gasteiger partial charge in [-0.15, -0.1) is 0 Å². The highest BCUT2D eigenvalue weighted by Crippen LogP contribution is 2.33. The van der Waals surface area contributed by atoms with E-state index in [4.69, 9.17) is 25.7 Å². The van der Waals surface area contributed by atoms with Crippen molar-refractivity contribution < 1.29 is 9.15 Å². The summed E-state index contributed by atoms with van der Waals surface area (Å²) >= 11 is 6.42. The highest BCUT2D eigenvalue weighted by molar-refractivity contribution is 6.31. The highest BCUT2D eigenvalue weighted by atomic mass is 35.5. The standard InChI is InChI=1S/C23H20ClN3O2/c1-3-9-26-20-11-15(2)27-23-16(20)6-4-7-22(23)29-14-18-17(12-25-13-19(18)24)21-8-5-10-28-21/h3-13H,14H2,1-2H3,(H,26,27)/b9-3-. The van der Waals surface area contributed by atoms with Gasteiger partial charge in [0.2, 0.25) is 0 Å². The number of hydrogen-bond donors (Lipinski definition) is 1. The first-order valence-corrected chi connectivity index (χ1v) is 9.62. The molecule has 1 aromatic carbocycles. The molecule has 29 heavy (non-hydrogen) atoms. The number of nitrogens with one attached hydrogen (secondary N) is 1. The molecule has 0 unspecified atom stereocenters. The largest absolute Gasteiger partial charge is 0.487 e. The Labute approximate surface area is 174 Å². The highest BCUT2D eigenvalue weighted by Gasteiger charge is 2.14. The maximum Gasteiger partial charge on any atom is 0.146 e. The molecule has 3 heterocycles. The summed E-state index contributed by atoms with van der Waals surface area (Å²) in [4.78, 5) is 8.88. The molecule has 0 aliphatic rings. The summed E-state index contributed by atoms with van der Waals surface area (Å²) in [5.41, 5.74) is 4.30. The number of nitrogens with zero attached hydrogens (tertiary/aromatic N) is 2. The Bertz CT molecular complexity index is 1170. The van der Waals surface area contributed by atoms with E-state index in [2.05, 4.69) is 10.3 Å². The predicted molar refractivity (Wildman–Crippen MR) is 116 cm³/mol. The fourth-order valence-corrected chi connectivity index (χ4v) is 3.37. The van der Waals surface area contributed by atoms with Gasteiger partial charge >= 0.3 is 0 Å². The minimum absolute atomic E-state index is 0.268. The van der Waals surface area contributed by atoms with Gasteiger partial charge in [-0.1, -0.05) is 29.8 Å². The number of para-hydroxylation sites is 1. The van der Waals surface area contributed by atoms with Crippen LogP contribution in [0.5, 0.6) is 5.75 Å². The number of ether oxygens (including phenoxy) is 1. The maximum atomic E-state index is 6.42. The molecule has 0 atom stereocenters. The molecule has 0 spiro atoms. The molecule has 3 aromatic heterocycles. The van der Waals surface area contributed by atoms with Crippen LogP contribution in [0.15, 0.2) is 71.7 Å². The van der Waals surface area contributed by atoms with Crippen molar-refractivity contribution >= 4 is 28.2 Å². The van der Waals surface area contributed by atoms with Crippen molar-refractivity contribution in [2.24, 2.45) is 0 Å². The second kappa shape index (κ2) is 8.37. The summed E-state index contributed by atoms with van der Waals surface area (Å²) in [5, 5.41) is 4.81. The molecule has 1 N–H and O–H groups in total. The average molecular weight is 406 g/mol. The van der Waals surface area contributed by atoms with Gasteiger partial charge in [-0.05, 0) is 44.3 Å². The molecule has 6 heteroatoms. The normalized spacial score (nSPS) is 11.3. The molecular weight excluding hydrogens is 386 g/mol. The van der Waals surface area contributed by atoms with Crippen LogP contribution in [-0.4, -0.2) is 9.97 Å². The molecule has 5 nitrogen and oxygen atoms in total. The monoisotopic (exact) mass is 405 g/mol. The van der Waals surface area contributed by atoms with Gasteiger partial charge in [-0.25, -0.2) is 4.98 Å². The van der Waals surface area contributed by atoms with Crippen LogP contribution in [0.2, 0.25) is 5.02 Å². The van der Waals surface area contributed by atoms with E-state index in [1.807, 2.05) is 62.5 Å². The van der Waals surface area contributed by atoms with E-state index in [1.165, 1.54) is 0 Å². The molecule has 0 saturated heterocycles. The van der Waals surface area contributed by atoms with Gasteiger partial charge in [0.1, 0.15) is 23.6 Å². The third kappa shape index (κ3) is 3.96. The van der Waals surface area contributed by atoms with Crippen LogP contribution < -0.4 is 10.1 Å². The molecule has 0 aliphatic carbocycles. The number of fused-ring (bicyclic) bond motifs is 1. The number of aromatic nitrogens is 2. The Morgan fingerprint density at radius 1 is 1.21 bits per heavy atom. The van der Waals surface area contributed by atoms with E-state index in [0.717, 1.165) is 33.4 Å². The van der Waals surface area contributed by atoms with Gasteiger partial charge in [0, 0.05) is 40.3 Å². The first-order valence-electron chi connectivity index (χ1n) is 9.24. The van der Waals surface area contributed by atoms with Crippen LogP contribution in [0, 0.1) is 6.92 Å². The third-order valence-corrected chi connectivity index (χ3v) is 4.83. The number of aryl methyl sites for hydroxylation is 1. The van der Waals surface area contributed by atoms with Crippen molar-refractivity contribution in [2.75, 3.05) is 5.32 Å². The van der Waals surface area contributed by atoms with Crippen molar-refractivity contribution in [1.82, 2.24) is 9.97 Å². The summed E-state index contributed by atoms with van der Waals surface area (Å²) in [6.45, 7) is 4.20. The van der Waals surface area contributed by atoms with Gasteiger partial charge in [-0.3, -0.25) is 4.98 Å². The van der Waals surface area contributed by atoms with Crippen LogP contribution in [-0.2, 0) is 6.61 Å². The summed E-state index contributed by atoms with van der Waals surface area (Å²) in [5.74, 6) is 1.39. The number of pyridine rings is 2. The Morgan fingerprint density at radius 2 is 2.10 bits per heavy atom. The summed E-state index contributed by atoms with van der Waals surface area (Å²) < 4.78 is 11.7. The maximum absolute atomic E-state index is 6.42. The molecule has 0 radical (unpaired) electrons. The number of halogens is 1. The Balaban J connectivity index is 1.71. The van der Waals surface area contributed by atoms with Gasteiger partial charge in [0.25, 0.3) is 0 Å². The smallest absolute Gasteiger partial charge is 0.146 e. The molecule has 146 valence electrons. The van der Waals surface area contributed by atoms with Crippen molar-refractivity contribution in [2.45, 2.75) is 20.5 Å². The number of anilines is 1. The Kier molecular flexibility index (Phi) is 5.49. The Hall–Kier alpha value is -3.31. The van der Waals surface area contributed by atoms with E-state index < -0.39 is 0 Å². The lowest BCUT2D eigenvalue weighted by Gasteiger charge is -2.14. The van der Waals surface area contributed by atoms with Crippen LogP contribution in [0.25, 0.3) is 22.2 Å². The van der Waals surface area contributed by atoms with E-state index in [9.17, 15) is 0 Å². The molecule has 4 aromatic rings. The average Bonchev–Trinajstić information content (AvgIpc) is 3.25. The van der Waals surface area contributed by atoms with Crippen molar-refractivity contribution in [3.8, 4) is 17.1 Å². The number of allylic oxidation sites excluding steroid dienone is 1. The van der Waals surface area contributed by atoms with E-state index >= 15 is 0 Å². The predicted octanol–water partition coefficient (Wildman–Crippen LogP) is 6.38. The fraction of sp³-hybridized carbons (Fsp3) is 0.130. The SMILES string of the molecule is C/C=C\Nc1cc(C)nc2c(OCc3c(Cl)cncc3-c3ccco3)cccc12. The zero-order valence-corrected chi connectivity index (χ0v) is 16.9. The van der Waals surface area contributed by atoms with Crippen LogP contribution in [0.3, 0.4) is 0 Å². The Morgan fingerprint density at radius 3 is 2.90 bits per heavy atom. The summed E-state index contributed by atoms with van der Waals surface area (Å²) in [7, 11) is 0. The number of benzene rings is 1. The van der Waals surface area contributed by atoms with E-state index in [1.54, 1.807) is 18.7 Å². The summed E-state index contributed by atoms with van der Waals surface area (Å²) in [6, 6.07) is 11.6. The third-order valence-electron chi connectivity index (χ3n) is 4.50. The van der Waals surface area contributed by atoms with Crippen LogP contribution in [0.1, 0.15) is 18.2 Å². The second-order valence-electron chi connectivity index (χ2n) is 6.52. The number of furan rings is 1. The second-order valence-corrected chi connectivity index (χ2v) is 6.93. The van der Waals surface area contributed by atoms with Crippen LogP contribution >= 0.6 is 11.6 Å². The minimum atomic E-state index is 0.268. The topological polar surface area (TPSA) is 60.2 Å². The van der Waals surface area contributed by atoms with E-state index in [0.29, 0.717) is 16.5 Å². The molecule has 0 bridgehead atoms. The zero-order chi connectivity index (χ0) is 20.2. The summed E-state index contributed by atoms with van der Waals surface area (Å²) in [6.07, 6.45) is 8.81. The lowest BCUT2D eigenvalue weighted by Crippen LogP contribution is -2.01. The number of hydrogen-bond acceptors (Lipinski definition) is 5. The zero-order valence-electron chi connectivity index (χ0n) is 16.1. The molecule has 0 saturated carbocycles. The van der Waals surface area contributed by atoms with Gasteiger partial charge in [0.15, 0.2) is 0 Å². The first kappa shape index (κ1) is 19.0. The van der Waals surface area contributed by atoms with Crippen LogP contribution in [0.4, 0.5) is 5.69 Å². The minimum Gasteiger partial charge on any atom is -0.487 e.